The van der Waals surface area contributed by atoms with Crippen LogP contribution in [0.1, 0.15) is 32.0 Å². The molecule has 0 saturated carbocycles. The number of carbonyl (C=O) groups is 3. The zero-order valence-electron chi connectivity index (χ0n) is 16.5. The lowest BCUT2D eigenvalue weighted by atomic mass is 10.1. The molecule has 0 unspecified atom stereocenters. The molecule has 0 N–H and O–H groups in total. The van der Waals surface area contributed by atoms with Crippen molar-refractivity contribution in [3.63, 3.8) is 0 Å². The molecule has 1 aromatic heterocycles. The van der Waals surface area contributed by atoms with Gasteiger partial charge in [-0.15, -0.1) is 0 Å². The number of carbonyl (C=O) groups excluding carboxylic acids is 3. The van der Waals surface area contributed by atoms with Crippen LogP contribution in [-0.4, -0.2) is 34.1 Å². The van der Waals surface area contributed by atoms with Crippen molar-refractivity contribution >= 4 is 29.1 Å². The van der Waals surface area contributed by atoms with Crippen LogP contribution in [0.3, 0.4) is 0 Å². The Balaban J connectivity index is 1.63. The van der Waals surface area contributed by atoms with Crippen LogP contribution in [0.15, 0.2) is 65.3 Å². The summed E-state index contributed by atoms with van der Waals surface area (Å²) in [5, 5.41) is 11.3. The molecule has 3 amide bonds. The molecule has 1 aliphatic heterocycles. The molecule has 1 aliphatic rings. The van der Waals surface area contributed by atoms with Gasteiger partial charge in [-0.25, -0.2) is 0 Å². The minimum absolute atomic E-state index is 0.0834. The highest BCUT2D eigenvalue weighted by Crippen LogP contribution is 2.31. The van der Waals surface area contributed by atoms with Crippen LogP contribution >= 0.6 is 0 Å². The van der Waals surface area contributed by atoms with Gasteiger partial charge in [-0.2, -0.15) is 0 Å². The number of nitro groups is 1. The first-order valence-electron chi connectivity index (χ1n) is 9.40. The summed E-state index contributed by atoms with van der Waals surface area (Å²) in [6.07, 6.45) is 1.48. The van der Waals surface area contributed by atoms with E-state index in [2.05, 4.69) is 0 Å². The van der Waals surface area contributed by atoms with Gasteiger partial charge >= 0.3 is 0 Å². The highest BCUT2D eigenvalue weighted by atomic mass is 16.6. The first-order chi connectivity index (χ1) is 14.9. The number of imide groups is 1. The normalized spacial score (nSPS) is 12.7. The van der Waals surface area contributed by atoms with E-state index in [0.717, 1.165) is 16.5 Å². The van der Waals surface area contributed by atoms with Gasteiger partial charge in [0.05, 0.1) is 23.3 Å². The molecule has 9 nitrogen and oxygen atoms in total. The number of hydrogen-bond donors (Lipinski definition) is 0. The fourth-order valence-electron chi connectivity index (χ4n) is 3.44. The van der Waals surface area contributed by atoms with Crippen LogP contribution in [-0.2, 0) is 11.3 Å². The van der Waals surface area contributed by atoms with Crippen molar-refractivity contribution in [1.82, 2.24) is 4.90 Å². The lowest BCUT2D eigenvalue weighted by Gasteiger charge is -2.24. The summed E-state index contributed by atoms with van der Waals surface area (Å²) < 4.78 is 5.35. The molecule has 0 spiro atoms. The quantitative estimate of drug-likeness (QED) is 0.344. The molecular weight excluding hydrogens is 402 g/mol. The molecule has 0 fully saturated rings. The second-order valence-corrected chi connectivity index (χ2v) is 7.05. The zero-order chi connectivity index (χ0) is 22.1. The third-order valence-electron chi connectivity index (χ3n) is 5.01. The van der Waals surface area contributed by atoms with E-state index >= 15 is 0 Å². The summed E-state index contributed by atoms with van der Waals surface area (Å²) in [6.45, 7) is 1.45. The van der Waals surface area contributed by atoms with Crippen LogP contribution in [0.25, 0.3) is 0 Å². The van der Waals surface area contributed by atoms with E-state index in [0.29, 0.717) is 11.4 Å². The zero-order valence-corrected chi connectivity index (χ0v) is 16.5. The average Bonchev–Trinajstić information content (AvgIpc) is 3.35. The minimum Gasteiger partial charge on any atom is -0.467 e. The highest BCUT2D eigenvalue weighted by molar-refractivity contribution is 6.24. The maximum absolute atomic E-state index is 13.2. The summed E-state index contributed by atoms with van der Waals surface area (Å²) in [5.41, 5.74) is 0.728. The van der Waals surface area contributed by atoms with Crippen molar-refractivity contribution in [3.8, 4) is 0 Å². The van der Waals surface area contributed by atoms with Gasteiger partial charge in [0, 0.05) is 11.8 Å². The molecule has 0 saturated heterocycles. The first kappa shape index (κ1) is 20.0. The Morgan fingerprint density at radius 1 is 1.06 bits per heavy atom. The number of nitrogens with zero attached hydrogens (tertiary/aromatic N) is 3. The van der Waals surface area contributed by atoms with Gasteiger partial charge in [0.25, 0.3) is 17.5 Å². The van der Waals surface area contributed by atoms with Gasteiger partial charge in [-0.3, -0.25) is 29.4 Å². The van der Waals surface area contributed by atoms with Gasteiger partial charge < -0.3 is 9.32 Å². The third-order valence-corrected chi connectivity index (χ3v) is 5.01. The van der Waals surface area contributed by atoms with E-state index in [1.807, 2.05) is 19.1 Å². The number of anilines is 1. The summed E-state index contributed by atoms with van der Waals surface area (Å²) in [7, 11) is 0. The number of fused-ring (bicyclic) bond motifs is 1. The summed E-state index contributed by atoms with van der Waals surface area (Å²) >= 11 is 0. The third kappa shape index (κ3) is 3.68. The number of benzene rings is 2. The Morgan fingerprint density at radius 2 is 1.81 bits per heavy atom. The van der Waals surface area contributed by atoms with E-state index in [9.17, 15) is 24.5 Å². The first-order valence-corrected chi connectivity index (χ1v) is 9.40. The van der Waals surface area contributed by atoms with Gasteiger partial charge in [0.1, 0.15) is 17.9 Å². The fraction of sp³-hybridized carbons (Fsp3) is 0.136. The predicted molar refractivity (Wildman–Crippen MR) is 110 cm³/mol. The van der Waals surface area contributed by atoms with E-state index in [1.165, 1.54) is 23.3 Å². The maximum atomic E-state index is 13.2. The predicted octanol–water partition coefficient (Wildman–Crippen LogP) is 3.33. The maximum Gasteiger partial charge on any atom is 0.282 e. The standard InChI is InChI=1S/C22H17N3O6/c1-14-7-9-15(10-8-14)23(12-16-4-3-11-31-16)19(26)13-24-21(27)17-5-2-6-18(25(29)30)20(17)22(24)28/h2-11H,12-13H2,1H3. The molecule has 9 heteroatoms. The number of aryl methyl sites for hydroxylation is 1. The molecule has 156 valence electrons. The highest BCUT2D eigenvalue weighted by Gasteiger charge is 2.42. The number of nitro benzene ring substituents is 1. The molecule has 3 aromatic rings. The Kier molecular flexibility index (Phi) is 5.08. The monoisotopic (exact) mass is 419 g/mol. The van der Waals surface area contributed by atoms with Crippen molar-refractivity contribution in [1.29, 1.82) is 0 Å². The van der Waals surface area contributed by atoms with Crippen molar-refractivity contribution in [2.24, 2.45) is 0 Å². The molecular formula is C22H17N3O6. The molecule has 0 radical (unpaired) electrons. The van der Waals surface area contributed by atoms with E-state index < -0.39 is 34.9 Å². The smallest absolute Gasteiger partial charge is 0.282 e. The molecule has 31 heavy (non-hydrogen) atoms. The van der Waals surface area contributed by atoms with Crippen molar-refractivity contribution in [2.75, 3.05) is 11.4 Å². The summed E-state index contributed by atoms with van der Waals surface area (Å²) in [4.78, 5) is 51.4. The van der Waals surface area contributed by atoms with Gasteiger partial charge in [-0.05, 0) is 37.3 Å². The molecule has 4 rings (SSSR count). The molecule has 0 bridgehead atoms. The van der Waals surface area contributed by atoms with Gasteiger partial charge in [-0.1, -0.05) is 23.8 Å². The summed E-state index contributed by atoms with van der Waals surface area (Å²) in [6, 6.07) is 14.4. The van der Waals surface area contributed by atoms with Crippen molar-refractivity contribution in [3.05, 3.63) is 93.4 Å². The van der Waals surface area contributed by atoms with Crippen LogP contribution in [0, 0.1) is 17.0 Å². The van der Waals surface area contributed by atoms with E-state index in [1.54, 1.807) is 24.3 Å². The summed E-state index contributed by atoms with van der Waals surface area (Å²) in [5.74, 6) is -1.61. The molecule has 2 heterocycles. The van der Waals surface area contributed by atoms with Crippen LogP contribution in [0.4, 0.5) is 11.4 Å². The topological polar surface area (TPSA) is 114 Å². The van der Waals surface area contributed by atoms with E-state index in [4.69, 9.17) is 4.42 Å². The number of amides is 3. The second kappa shape index (κ2) is 7.86. The Bertz CT molecular complexity index is 1180. The van der Waals surface area contributed by atoms with Crippen LogP contribution < -0.4 is 4.90 Å². The minimum atomic E-state index is -0.859. The van der Waals surface area contributed by atoms with Crippen molar-refractivity contribution in [2.45, 2.75) is 13.5 Å². The lowest BCUT2D eigenvalue weighted by molar-refractivity contribution is -0.385. The Hall–Kier alpha value is -4.27. The fourth-order valence-corrected chi connectivity index (χ4v) is 3.44. The molecule has 0 aliphatic carbocycles. The average molecular weight is 419 g/mol. The lowest BCUT2D eigenvalue weighted by Crippen LogP contribution is -2.42. The van der Waals surface area contributed by atoms with Crippen molar-refractivity contribution < 1.29 is 23.7 Å². The molecule has 2 aromatic carbocycles. The van der Waals surface area contributed by atoms with Gasteiger partial charge in [0.2, 0.25) is 5.91 Å². The van der Waals surface area contributed by atoms with Crippen LogP contribution in [0.2, 0.25) is 0 Å². The van der Waals surface area contributed by atoms with E-state index in [-0.39, 0.29) is 17.7 Å². The SMILES string of the molecule is Cc1ccc(N(Cc2ccco2)C(=O)CN2C(=O)c3cccc([N+](=O)[O-])c3C2=O)cc1. The number of furan rings is 1. The number of rotatable bonds is 6. The largest absolute Gasteiger partial charge is 0.467 e. The molecule has 0 atom stereocenters. The number of hydrogen-bond acceptors (Lipinski definition) is 6. The Morgan fingerprint density at radius 3 is 2.45 bits per heavy atom. The van der Waals surface area contributed by atoms with Gasteiger partial charge in [0.15, 0.2) is 0 Å². The second-order valence-electron chi connectivity index (χ2n) is 7.05. The van der Waals surface area contributed by atoms with Crippen LogP contribution in [0.5, 0.6) is 0 Å². The Labute approximate surface area is 176 Å².